The van der Waals surface area contributed by atoms with E-state index in [1.807, 2.05) is 32.0 Å². The number of amides is 3. The average molecular weight is 458 g/mol. The van der Waals surface area contributed by atoms with Gasteiger partial charge in [0.15, 0.2) is 0 Å². The van der Waals surface area contributed by atoms with Crippen molar-refractivity contribution in [2.45, 2.75) is 59.8 Å². The van der Waals surface area contributed by atoms with Gasteiger partial charge in [0.2, 0.25) is 5.91 Å². The number of ether oxygens (including phenoxy) is 1. The summed E-state index contributed by atoms with van der Waals surface area (Å²) in [5.41, 5.74) is 3.80. The van der Waals surface area contributed by atoms with Gasteiger partial charge in [-0.2, -0.15) is 5.10 Å². The third-order valence-electron chi connectivity index (χ3n) is 5.32. The standard InChI is InChI=1S/C25H39N5O3/c1-8-9-12-26-24(32)29(13-14-33-7)17-23(31)27-22-16-21(25(4,5)6)28-30(22)20-11-10-18(2)15-19(20)3/h10-11,15-16H,8-9,12-14,17H2,1-7H3,(H,26,32)(H,27,31). The number of aromatic nitrogens is 2. The van der Waals surface area contributed by atoms with Crippen LogP contribution in [-0.2, 0) is 14.9 Å². The van der Waals surface area contributed by atoms with Gasteiger partial charge < -0.3 is 20.3 Å². The smallest absolute Gasteiger partial charge is 0.317 e. The number of hydrogen-bond acceptors (Lipinski definition) is 4. The van der Waals surface area contributed by atoms with E-state index in [4.69, 9.17) is 9.84 Å². The molecule has 2 aromatic rings. The van der Waals surface area contributed by atoms with Gasteiger partial charge in [-0.3, -0.25) is 4.79 Å². The van der Waals surface area contributed by atoms with E-state index in [0.29, 0.717) is 25.5 Å². The molecule has 1 aromatic heterocycles. The van der Waals surface area contributed by atoms with Crippen LogP contribution in [0.1, 0.15) is 57.4 Å². The zero-order valence-electron chi connectivity index (χ0n) is 21.1. The fourth-order valence-corrected chi connectivity index (χ4v) is 3.36. The van der Waals surface area contributed by atoms with Crippen molar-refractivity contribution < 1.29 is 14.3 Å². The molecule has 0 saturated carbocycles. The molecule has 0 saturated heterocycles. The number of carbonyl (C=O) groups is 2. The number of carbonyl (C=O) groups excluding carboxylic acids is 2. The van der Waals surface area contributed by atoms with Gasteiger partial charge in [0.1, 0.15) is 12.4 Å². The number of methoxy groups -OCH3 is 1. The molecule has 8 heteroatoms. The molecule has 1 aromatic carbocycles. The minimum atomic E-state index is -0.289. The number of aryl methyl sites for hydroxylation is 2. The summed E-state index contributed by atoms with van der Waals surface area (Å²) in [5, 5.41) is 10.6. The molecule has 1 heterocycles. The summed E-state index contributed by atoms with van der Waals surface area (Å²) in [6, 6.07) is 7.75. The first-order valence-corrected chi connectivity index (χ1v) is 11.6. The van der Waals surface area contributed by atoms with Crippen molar-refractivity contribution >= 4 is 17.8 Å². The topological polar surface area (TPSA) is 88.5 Å². The molecule has 0 bridgehead atoms. The number of hydrogen-bond donors (Lipinski definition) is 2. The molecule has 2 rings (SSSR count). The zero-order chi connectivity index (χ0) is 24.6. The number of anilines is 1. The first-order chi connectivity index (χ1) is 15.6. The van der Waals surface area contributed by atoms with Crippen LogP contribution in [0.2, 0.25) is 0 Å². The lowest BCUT2D eigenvalue weighted by Gasteiger charge is -2.22. The van der Waals surface area contributed by atoms with E-state index in [1.54, 1.807) is 11.8 Å². The van der Waals surface area contributed by atoms with Crippen molar-refractivity contribution in [1.29, 1.82) is 0 Å². The molecule has 0 aliphatic rings. The normalized spacial score (nSPS) is 11.4. The first-order valence-electron chi connectivity index (χ1n) is 11.6. The van der Waals surface area contributed by atoms with E-state index < -0.39 is 0 Å². The van der Waals surface area contributed by atoms with Crippen LogP contribution in [0, 0.1) is 13.8 Å². The molecule has 0 aliphatic heterocycles. The Labute approximate surface area is 197 Å². The summed E-state index contributed by atoms with van der Waals surface area (Å²) in [4.78, 5) is 27.0. The summed E-state index contributed by atoms with van der Waals surface area (Å²) in [6.07, 6.45) is 1.87. The van der Waals surface area contributed by atoms with E-state index in [2.05, 4.69) is 44.4 Å². The Bertz CT molecular complexity index is 946. The maximum absolute atomic E-state index is 13.0. The largest absolute Gasteiger partial charge is 0.383 e. The molecular weight excluding hydrogens is 418 g/mol. The Morgan fingerprint density at radius 2 is 1.91 bits per heavy atom. The van der Waals surface area contributed by atoms with Crippen molar-refractivity contribution in [1.82, 2.24) is 20.0 Å². The molecule has 182 valence electrons. The summed E-state index contributed by atoms with van der Waals surface area (Å²) in [6.45, 7) is 13.6. The van der Waals surface area contributed by atoms with Gasteiger partial charge in [-0.1, -0.05) is 51.8 Å². The molecule has 0 radical (unpaired) electrons. The zero-order valence-corrected chi connectivity index (χ0v) is 21.1. The molecule has 0 fully saturated rings. The number of nitrogens with one attached hydrogen (secondary N) is 2. The van der Waals surface area contributed by atoms with Crippen LogP contribution in [-0.4, -0.2) is 60.0 Å². The number of benzene rings is 1. The van der Waals surface area contributed by atoms with Crippen LogP contribution in [0.25, 0.3) is 5.69 Å². The van der Waals surface area contributed by atoms with Crippen molar-refractivity contribution in [2.75, 3.05) is 38.7 Å². The molecule has 3 amide bonds. The number of nitrogens with zero attached hydrogens (tertiary/aromatic N) is 3. The molecular formula is C25H39N5O3. The van der Waals surface area contributed by atoms with Crippen molar-refractivity contribution in [3.05, 3.63) is 41.1 Å². The maximum atomic E-state index is 13.0. The van der Waals surface area contributed by atoms with Crippen LogP contribution in [0.4, 0.5) is 10.6 Å². The number of urea groups is 1. The molecule has 0 spiro atoms. The average Bonchev–Trinajstić information content (AvgIpc) is 3.15. The van der Waals surface area contributed by atoms with Crippen molar-refractivity contribution in [2.24, 2.45) is 0 Å². The van der Waals surface area contributed by atoms with Crippen LogP contribution in [0.15, 0.2) is 24.3 Å². The second kappa shape index (κ2) is 11.8. The van der Waals surface area contributed by atoms with E-state index in [9.17, 15) is 9.59 Å². The number of rotatable bonds is 10. The predicted octanol–water partition coefficient (Wildman–Crippen LogP) is 4.18. The summed E-state index contributed by atoms with van der Waals surface area (Å²) < 4.78 is 6.89. The van der Waals surface area contributed by atoms with E-state index in [-0.39, 0.29) is 23.9 Å². The van der Waals surface area contributed by atoms with Gasteiger partial charge in [-0.15, -0.1) is 0 Å². The minimum Gasteiger partial charge on any atom is -0.383 e. The Hall–Kier alpha value is -2.87. The van der Waals surface area contributed by atoms with E-state index in [1.165, 1.54) is 4.90 Å². The molecule has 33 heavy (non-hydrogen) atoms. The summed E-state index contributed by atoms with van der Waals surface area (Å²) in [5.74, 6) is 0.290. The van der Waals surface area contributed by atoms with E-state index in [0.717, 1.165) is 35.3 Å². The lowest BCUT2D eigenvalue weighted by atomic mass is 9.92. The van der Waals surface area contributed by atoms with Crippen LogP contribution < -0.4 is 10.6 Å². The Morgan fingerprint density at radius 3 is 2.52 bits per heavy atom. The quantitative estimate of drug-likeness (QED) is 0.524. The van der Waals surface area contributed by atoms with Crippen molar-refractivity contribution in [3.63, 3.8) is 0 Å². The summed E-state index contributed by atoms with van der Waals surface area (Å²) in [7, 11) is 1.57. The summed E-state index contributed by atoms with van der Waals surface area (Å²) >= 11 is 0. The van der Waals surface area contributed by atoms with E-state index >= 15 is 0 Å². The minimum absolute atomic E-state index is 0.0791. The monoisotopic (exact) mass is 457 g/mol. The highest BCUT2D eigenvalue weighted by Crippen LogP contribution is 2.27. The van der Waals surface area contributed by atoms with Crippen LogP contribution in [0.3, 0.4) is 0 Å². The molecule has 0 aliphatic carbocycles. The third kappa shape index (κ3) is 7.60. The second-order valence-electron chi connectivity index (χ2n) is 9.41. The van der Waals surface area contributed by atoms with Gasteiger partial charge in [0.25, 0.3) is 0 Å². The molecule has 2 N–H and O–H groups in total. The Morgan fingerprint density at radius 1 is 1.18 bits per heavy atom. The highest BCUT2D eigenvalue weighted by molar-refractivity contribution is 5.94. The lowest BCUT2D eigenvalue weighted by molar-refractivity contribution is -0.116. The third-order valence-corrected chi connectivity index (χ3v) is 5.32. The van der Waals surface area contributed by atoms with Gasteiger partial charge in [-0.05, 0) is 31.9 Å². The maximum Gasteiger partial charge on any atom is 0.317 e. The Kier molecular flexibility index (Phi) is 9.46. The van der Waals surface area contributed by atoms with Gasteiger partial charge in [0, 0.05) is 31.7 Å². The highest BCUT2D eigenvalue weighted by Gasteiger charge is 2.23. The first kappa shape index (κ1) is 26.4. The van der Waals surface area contributed by atoms with Crippen molar-refractivity contribution in [3.8, 4) is 5.69 Å². The molecule has 8 nitrogen and oxygen atoms in total. The lowest BCUT2D eigenvalue weighted by Crippen LogP contribution is -2.45. The number of unbranched alkanes of at least 4 members (excludes halogenated alkanes) is 1. The molecule has 0 unspecified atom stereocenters. The van der Waals surface area contributed by atoms with Gasteiger partial charge >= 0.3 is 6.03 Å². The van der Waals surface area contributed by atoms with Gasteiger partial charge in [0.05, 0.1) is 18.0 Å². The van der Waals surface area contributed by atoms with Crippen LogP contribution >= 0.6 is 0 Å². The fraction of sp³-hybridized carbons (Fsp3) is 0.560. The van der Waals surface area contributed by atoms with Gasteiger partial charge in [-0.25, -0.2) is 9.48 Å². The predicted molar refractivity (Wildman–Crippen MR) is 132 cm³/mol. The SMILES string of the molecule is CCCCNC(=O)N(CCOC)CC(=O)Nc1cc(C(C)(C)C)nn1-c1ccc(C)cc1C. The second-order valence-corrected chi connectivity index (χ2v) is 9.41. The molecule has 0 atom stereocenters. The highest BCUT2D eigenvalue weighted by atomic mass is 16.5. The Balaban J connectivity index is 2.27. The fourth-order valence-electron chi connectivity index (χ4n) is 3.36. The van der Waals surface area contributed by atoms with Crippen LogP contribution in [0.5, 0.6) is 0 Å².